The fourth-order valence-corrected chi connectivity index (χ4v) is 3.20. The molecule has 1 aliphatic rings. The second kappa shape index (κ2) is 8.60. The average molecular weight is 323 g/mol. The van der Waals surface area contributed by atoms with Gasteiger partial charge in [-0.2, -0.15) is 0 Å². The molecule has 0 aliphatic carbocycles. The average Bonchev–Trinajstić information content (AvgIpc) is 2.63. The lowest BCUT2D eigenvalue weighted by Crippen LogP contribution is -2.45. The summed E-state index contributed by atoms with van der Waals surface area (Å²) in [6, 6.07) is 14.7. The molecule has 126 valence electrons. The second-order valence-corrected chi connectivity index (χ2v) is 6.45. The van der Waals surface area contributed by atoms with E-state index in [2.05, 4.69) is 45.5 Å². The van der Waals surface area contributed by atoms with Crippen LogP contribution in [0.1, 0.15) is 24.0 Å². The number of carbonyl (C=O) groups excluding carboxylic acids is 1. The number of nitrogens with zero attached hydrogens (tertiary/aromatic N) is 2. The van der Waals surface area contributed by atoms with Crippen LogP contribution in [-0.2, 0) is 17.6 Å². The summed E-state index contributed by atoms with van der Waals surface area (Å²) in [6.45, 7) is 3.22. The number of piperidine rings is 1. The molecule has 0 spiro atoms. The molecule has 4 heteroatoms. The van der Waals surface area contributed by atoms with Crippen LogP contribution in [0.5, 0.6) is 0 Å². The van der Waals surface area contributed by atoms with Crippen LogP contribution in [0.25, 0.3) is 0 Å². The van der Waals surface area contributed by atoms with Crippen molar-refractivity contribution in [2.24, 2.45) is 0 Å². The van der Waals surface area contributed by atoms with Gasteiger partial charge in [0.1, 0.15) is 0 Å². The maximum Gasteiger partial charge on any atom is 0.224 e. The Morgan fingerprint density at radius 1 is 1.04 bits per heavy atom. The molecular weight excluding hydrogens is 298 g/mol. The van der Waals surface area contributed by atoms with Crippen molar-refractivity contribution in [1.82, 2.24) is 15.2 Å². The van der Waals surface area contributed by atoms with E-state index in [1.165, 1.54) is 5.56 Å². The van der Waals surface area contributed by atoms with Crippen LogP contribution in [0.15, 0.2) is 54.9 Å². The van der Waals surface area contributed by atoms with Crippen LogP contribution in [0, 0.1) is 0 Å². The molecule has 1 N–H and O–H groups in total. The largest absolute Gasteiger partial charge is 0.353 e. The zero-order valence-electron chi connectivity index (χ0n) is 14.0. The zero-order valence-corrected chi connectivity index (χ0v) is 14.0. The summed E-state index contributed by atoms with van der Waals surface area (Å²) in [5.41, 5.74) is 2.41. The molecule has 1 saturated heterocycles. The quantitative estimate of drug-likeness (QED) is 0.888. The Kier molecular flexibility index (Phi) is 5.96. The highest BCUT2D eigenvalue weighted by molar-refractivity contribution is 5.78. The number of benzene rings is 1. The van der Waals surface area contributed by atoms with E-state index in [1.54, 1.807) is 12.4 Å². The Hall–Kier alpha value is -2.20. The SMILES string of the molecule is O=C(Cc1ccncc1)NC1CCN(CCc2ccccc2)CC1. The van der Waals surface area contributed by atoms with Crippen molar-refractivity contribution in [2.75, 3.05) is 19.6 Å². The van der Waals surface area contributed by atoms with Crippen LogP contribution in [0.4, 0.5) is 0 Å². The normalized spacial score (nSPS) is 16.0. The smallest absolute Gasteiger partial charge is 0.224 e. The van der Waals surface area contributed by atoms with Crippen molar-refractivity contribution in [1.29, 1.82) is 0 Å². The first-order valence-corrected chi connectivity index (χ1v) is 8.74. The maximum absolute atomic E-state index is 12.1. The third-order valence-electron chi connectivity index (χ3n) is 4.63. The molecule has 1 aromatic heterocycles. The number of likely N-dealkylation sites (tertiary alicyclic amines) is 1. The first kappa shape index (κ1) is 16.7. The first-order chi connectivity index (χ1) is 11.8. The summed E-state index contributed by atoms with van der Waals surface area (Å²) >= 11 is 0. The fourth-order valence-electron chi connectivity index (χ4n) is 3.20. The summed E-state index contributed by atoms with van der Waals surface area (Å²) in [5.74, 6) is 0.115. The van der Waals surface area contributed by atoms with Crippen molar-refractivity contribution in [3.05, 3.63) is 66.0 Å². The molecule has 1 fully saturated rings. The predicted octanol–water partition coefficient (Wildman–Crippen LogP) is 2.45. The van der Waals surface area contributed by atoms with Gasteiger partial charge in [0, 0.05) is 38.1 Å². The highest BCUT2D eigenvalue weighted by Crippen LogP contribution is 2.12. The molecule has 3 rings (SSSR count). The minimum atomic E-state index is 0.115. The van der Waals surface area contributed by atoms with E-state index in [4.69, 9.17) is 0 Å². The van der Waals surface area contributed by atoms with Crippen LogP contribution in [0.2, 0.25) is 0 Å². The van der Waals surface area contributed by atoms with E-state index in [9.17, 15) is 4.79 Å². The Morgan fingerprint density at radius 2 is 1.75 bits per heavy atom. The minimum Gasteiger partial charge on any atom is -0.353 e. The summed E-state index contributed by atoms with van der Waals surface area (Å²) in [5, 5.41) is 3.18. The number of carbonyl (C=O) groups is 1. The highest BCUT2D eigenvalue weighted by Gasteiger charge is 2.20. The van der Waals surface area contributed by atoms with Crippen molar-refractivity contribution in [3.8, 4) is 0 Å². The van der Waals surface area contributed by atoms with Crippen LogP contribution >= 0.6 is 0 Å². The highest BCUT2D eigenvalue weighted by atomic mass is 16.1. The number of rotatable bonds is 6. The Labute approximate surface area is 143 Å². The van der Waals surface area contributed by atoms with E-state index in [0.717, 1.165) is 44.5 Å². The molecule has 0 atom stereocenters. The number of hydrogen-bond acceptors (Lipinski definition) is 3. The lowest BCUT2D eigenvalue weighted by Gasteiger charge is -2.32. The van der Waals surface area contributed by atoms with Gasteiger partial charge in [-0.05, 0) is 42.5 Å². The molecule has 0 radical (unpaired) electrons. The molecule has 1 aromatic carbocycles. The molecule has 1 amide bonds. The molecule has 2 aromatic rings. The summed E-state index contributed by atoms with van der Waals surface area (Å²) in [4.78, 5) is 18.6. The molecule has 0 saturated carbocycles. The molecule has 0 bridgehead atoms. The number of amides is 1. The third-order valence-corrected chi connectivity index (χ3v) is 4.63. The number of hydrogen-bond donors (Lipinski definition) is 1. The zero-order chi connectivity index (χ0) is 16.6. The van der Waals surface area contributed by atoms with Gasteiger partial charge in [-0.15, -0.1) is 0 Å². The number of nitrogens with one attached hydrogen (secondary N) is 1. The van der Waals surface area contributed by atoms with Gasteiger partial charge in [0.25, 0.3) is 0 Å². The maximum atomic E-state index is 12.1. The Bertz CT molecular complexity index is 622. The van der Waals surface area contributed by atoms with Crippen molar-refractivity contribution in [3.63, 3.8) is 0 Å². The van der Waals surface area contributed by atoms with E-state index < -0.39 is 0 Å². The fraction of sp³-hybridized carbons (Fsp3) is 0.400. The van der Waals surface area contributed by atoms with Gasteiger partial charge < -0.3 is 10.2 Å². The van der Waals surface area contributed by atoms with Crippen LogP contribution in [-0.4, -0.2) is 41.5 Å². The van der Waals surface area contributed by atoms with Crippen molar-refractivity contribution < 1.29 is 4.79 Å². The van der Waals surface area contributed by atoms with E-state index in [1.807, 2.05) is 12.1 Å². The van der Waals surface area contributed by atoms with E-state index >= 15 is 0 Å². The van der Waals surface area contributed by atoms with Crippen LogP contribution in [0.3, 0.4) is 0 Å². The van der Waals surface area contributed by atoms with Gasteiger partial charge in [-0.25, -0.2) is 0 Å². The molecule has 0 unspecified atom stereocenters. The third kappa shape index (κ3) is 5.17. The molecule has 1 aliphatic heterocycles. The van der Waals surface area contributed by atoms with Crippen molar-refractivity contribution in [2.45, 2.75) is 31.7 Å². The lowest BCUT2D eigenvalue weighted by molar-refractivity contribution is -0.121. The monoisotopic (exact) mass is 323 g/mol. The Morgan fingerprint density at radius 3 is 2.46 bits per heavy atom. The topological polar surface area (TPSA) is 45.2 Å². The Balaban J connectivity index is 1.36. The molecular formula is C20H25N3O. The molecule has 2 heterocycles. The second-order valence-electron chi connectivity index (χ2n) is 6.45. The minimum absolute atomic E-state index is 0.115. The van der Waals surface area contributed by atoms with Gasteiger partial charge in [0.05, 0.1) is 6.42 Å². The molecule has 4 nitrogen and oxygen atoms in total. The molecule has 24 heavy (non-hydrogen) atoms. The summed E-state index contributed by atoms with van der Waals surface area (Å²) in [7, 11) is 0. The van der Waals surface area contributed by atoms with Gasteiger partial charge in [0.2, 0.25) is 5.91 Å². The van der Waals surface area contributed by atoms with Gasteiger partial charge in [-0.3, -0.25) is 9.78 Å². The summed E-state index contributed by atoms with van der Waals surface area (Å²) in [6.07, 6.45) is 7.08. The standard InChI is InChI=1S/C20H25N3O/c24-20(16-18-6-11-21-12-7-18)22-19-9-14-23(15-10-19)13-8-17-4-2-1-3-5-17/h1-7,11-12,19H,8-10,13-16H2,(H,22,24). The van der Waals surface area contributed by atoms with Gasteiger partial charge in [-0.1, -0.05) is 30.3 Å². The van der Waals surface area contributed by atoms with E-state index in [-0.39, 0.29) is 5.91 Å². The lowest BCUT2D eigenvalue weighted by atomic mass is 10.0. The van der Waals surface area contributed by atoms with Crippen molar-refractivity contribution >= 4 is 5.91 Å². The van der Waals surface area contributed by atoms with E-state index in [0.29, 0.717) is 12.5 Å². The van der Waals surface area contributed by atoms with Crippen LogP contribution < -0.4 is 5.32 Å². The van der Waals surface area contributed by atoms with Gasteiger partial charge >= 0.3 is 0 Å². The van der Waals surface area contributed by atoms with Gasteiger partial charge in [0.15, 0.2) is 0 Å². The number of aromatic nitrogens is 1. The number of pyridine rings is 1. The summed E-state index contributed by atoms with van der Waals surface area (Å²) < 4.78 is 0. The predicted molar refractivity (Wildman–Crippen MR) is 95.7 cm³/mol. The first-order valence-electron chi connectivity index (χ1n) is 8.74.